The van der Waals surface area contributed by atoms with Crippen LogP contribution < -0.4 is 16.0 Å². The van der Waals surface area contributed by atoms with Gasteiger partial charge >= 0.3 is 0 Å². The topological polar surface area (TPSA) is 88.0 Å². The Morgan fingerprint density at radius 1 is 0.974 bits per heavy atom. The van der Waals surface area contributed by atoms with Crippen molar-refractivity contribution in [3.63, 3.8) is 0 Å². The maximum Gasteiger partial charge on any atom is 0.261 e. The van der Waals surface area contributed by atoms with E-state index in [1.54, 1.807) is 29.8 Å². The molecule has 3 N–H and O–H groups in total. The molecule has 9 heteroatoms. The maximum atomic E-state index is 13.7. The first-order valence-electron chi connectivity index (χ1n) is 12.0. The molecular weight excluding hydrogens is 505 g/mol. The molecule has 38 heavy (non-hydrogen) atoms. The molecule has 1 aliphatic heterocycles. The largest absolute Gasteiger partial charge is 0.343 e. The quantitative estimate of drug-likeness (QED) is 0.276. The average Bonchev–Trinajstić information content (AvgIpc) is 3.29. The van der Waals surface area contributed by atoms with Gasteiger partial charge in [0.15, 0.2) is 0 Å². The van der Waals surface area contributed by atoms with Crippen LogP contribution in [0.1, 0.15) is 40.0 Å². The number of rotatable bonds is 5. The molecule has 0 fully saturated rings. The summed E-state index contributed by atoms with van der Waals surface area (Å²) in [7, 11) is 0. The third kappa shape index (κ3) is 4.90. The molecule has 1 atom stereocenters. The zero-order chi connectivity index (χ0) is 27.0. The van der Waals surface area contributed by atoms with Crippen molar-refractivity contribution in [2.24, 2.45) is 0 Å². The van der Waals surface area contributed by atoms with Crippen molar-refractivity contribution in [2.75, 3.05) is 16.0 Å². The van der Waals surface area contributed by atoms with Crippen molar-refractivity contribution in [1.82, 2.24) is 9.78 Å². The lowest BCUT2D eigenvalue weighted by molar-refractivity contribution is -0.113. The van der Waals surface area contributed by atoms with Crippen LogP contribution in [0.4, 0.5) is 21.6 Å². The lowest BCUT2D eigenvalue weighted by atomic mass is 9.94. The van der Waals surface area contributed by atoms with Gasteiger partial charge in [0.25, 0.3) is 11.8 Å². The van der Waals surface area contributed by atoms with Gasteiger partial charge in [0.2, 0.25) is 0 Å². The third-order valence-corrected chi connectivity index (χ3v) is 6.64. The van der Waals surface area contributed by atoms with Gasteiger partial charge in [-0.3, -0.25) is 9.59 Å². The molecule has 0 saturated carbocycles. The molecule has 2 amide bonds. The van der Waals surface area contributed by atoms with E-state index in [9.17, 15) is 14.0 Å². The van der Waals surface area contributed by atoms with E-state index in [0.29, 0.717) is 33.5 Å². The fourth-order valence-corrected chi connectivity index (χ4v) is 4.77. The normalized spacial score (nSPS) is 14.5. The second-order valence-electron chi connectivity index (χ2n) is 9.21. The number of carbonyl (C=O) groups excluding carboxylic acids is 2. The number of fused-ring (bicyclic) bond motifs is 1. The number of allylic oxidation sites excluding steroid dienone is 1. The molecule has 7 nitrogen and oxygen atoms in total. The van der Waals surface area contributed by atoms with E-state index in [2.05, 4.69) is 21.0 Å². The molecule has 0 bridgehead atoms. The molecule has 0 unspecified atom stereocenters. The molecule has 0 saturated heterocycles. The predicted octanol–water partition coefficient (Wildman–Crippen LogP) is 6.47. The Balaban J connectivity index is 1.54. The minimum Gasteiger partial charge on any atom is -0.343 e. The molecule has 1 aromatic heterocycles. The fraction of sp³-hybridized carbons (Fsp3) is 0.138. The number of benzene rings is 3. The van der Waals surface area contributed by atoms with Gasteiger partial charge in [-0.1, -0.05) is 41.4 Å². The summed E-state index contributed by atoms with van der Waals surface area (Å²) >= 11 is 6.32. The standard InChI is InChI=1S/C29H25ClFN5O2/c1-16-7-12-24(17(2)13-16)35-29(38)25-18(3)33-27-23(28(37)34-22-10-8-21(31)9-11-22)15-32-36(27)26(25)19-5-4-6-20(30)14-19/h4-15,26,33H,1-3H3,(H,34,37)(H,35,38)/t26-/m0/s1. The van der Waals surface area contributed by atoms with Gasteiger partial charge in [0, 0.05) is 22.1 Å². The summed E-state index contributed by atoms with van der Waals surface area (Å²) in [5, 5.41) is 14.0. The number of aryl methyl sites for hydroxylation is 2. The Labute approximate surface area is 224 Å². The Morgan fingerprint density at radius 2 is 1.74 bits per heavy atom. The molecule has 5 rings (SSSR count). The SMILES string of the molecule is CC1=C(C(=O)Nc2ccc(C)cc2C)[C@H](c2cccc(Cl)c2)n2ncc(C(=O)Nc3ccc(F)cc3)c2N1. The first kappa shape index (κ1) is 25.2. The van der Waals surface area contributed by atoms with Gasteiger partial charge in [-0.2, -0.15) is 5.10 Å². The smallest absolute Gasteiger partial charge is 0.261 e. The van der Waals surface area contributed by atoms with E-state index in [0.717, 1.165) is 16.7 Å². The minimum absolute atomic E-state index is 0.273. The predicted molar refractivity (Wildman–Crippen MR) is 147 cm³/mol. The van der Waals surface area contributed by atoms with Gasteiger partial charge in [0.05, 0.1) is 11.8 Å². The van der Waals surface area contributed by atoms with Crippen molar-refractivity contribution in [3.8, 4) is 0 Å². The number of aromatic nitrogens is 2. The number of halogens is 2. The minimum atomic E-state index is -0.650. The van der Waals surface area contributed by atoms with Crippen molar-refractivity contribution in [3.05, 3.63) is 117 Å². The Bertz CT molecular complexity index is 1590. The second-order valence-corrected chi connectivity index (χ2v) is 9.64. The lowest BCUT2D eigenvalue weighted by Gasteiger charge is -2.30. The highest BCUT2D eigenvalue weighted by Gasteiger charge is 2.35. The fourth-order valence-electron chi connectivity index (χ4n) is 4.58. The highest BCUT2D eigenvalue weighted by atomic mass is 35.5. The molecule has 0 radical (unpaired) electrons. The van der Waals surface area contributed by atoms with Gasteiger partial charge in [-0.15, -0.1) is 0 Å². The zero-order valence-electron chi connectivity index (χ0n) is 21.0. The van der Waals surface area contributed by atoms with Gasteiger partial charge in [-0.05, 0) is 74.4 Å². The highest BCUT2D eigenvalue weighted by Crippen LogP contribution is 2.38. The second kappa shape index (κ2) is 10.1. The number of carbonyl (C=O) groups is 2. The van der Waals surface area contributed by atoms with Gasteiger partial charge in [0.1, 0.15) is 23.2 Å². The Hall–Kier alpha value is -4.43. The van der Waals surface area contributed by atoms with Crippen molar-refractivity contribution in [2.45, 2.75) is 26.8 Å². The molecule has 3 aromatic carbocycles. The summed E-state index contributed by atoms with van der Waals surface area (Å²) in [6, 6.07) is 17.9. The van der Waals surface area contributed by atoms with Crippen LogP contribution in [0.5, 0.6) is 0 Å². The molecular formula is C29H25ClFN5O2. The number of hydrogen-bond acceptors (Lipinski definition) is 4. The Morgan fingerprint density at radius 3 is 2.45 bits per heavy atom. The van der Waals surface area contributed by atoms with Crippen LogP contribution >= 0.6 is 11.6 Å². The third-order valence-electron chi connectivity index (χ3n) is 6.41. The van der Waals surface area contributed by atoms with E-state index < -0.39 is 17.8 Å². The summed E-state index contributed by atoms with van der Waals surface area (Å²) in [6.07, 6.45) is 1.44. The number of nitrogens with zero attached hydrogens (tertiary/aromatic N) is 2. The van der Waals surface area contributed by atoms with Crippen molar-refractivity contribution >= 4 is 40.6 Å². The van der Waals surface area contributed by atoms with Gasteiger partial charge in [-0.25, -0.2) is 9.07 Å². The van der Waals surface area contributed by atoms with Crippen molar-refractivity contribution < 1.29 is 14.0 Å². The molecule has 0 spiro atoms. The lowest BCUT2D eigenvalue weighted by Crippen LogP contribution is -2.32. The van der Waals surface area contributed by atoms with Crippen LogP contribution in [0.25, 0.3) is 0 Å². The van der Waals surface area contributed by atoms with Crippen LogP contribution in [-0.2, 0) is 4.79 Å². The van der Waals surface area contributed by atoms with E-state index in [4.69, 9.17) is 11.6 Å². The van der Waals surface area contributed by atoms with Crippen LogP contribution in [0.2, 0.25) is 5.02 Å². The summed E-state index contributed by atoms with van der Waals surface area (Å²) in [6.45, 7) is 5.72. The number of amides is 2. The molecule has 0 aliphatic carbocycles. The average molecular weight is 530 g/mol. The molecule has 192 valence electrons. The van der Waals surface area contributed by atoms with Crippen molar-refractivity contribution in [1.29, 1.82) is 0 Å². The van der Waals surface area contributed by atoms with Gasteiger partial charge < -0.3 is 16.0 Å². The molecule has 1 aliphatic rings. The molecule has 4 aromatic rings. The number of nitrogens with one attached hydrogen (secondary N) is 3. The van der Waals surface area contributed by atoms with E-state index in [-0.39, 0.29) is 11.5 Å². The summed E-state index contributed by atoms with van der Waals surface area (Å²) < 4.78 is 14.9. The summed E-state index contributed by atoms with van der Waals surface area (Å²) in [5.41, 5.74) is 5.21. The summed E-state index contributed by atoms with van der Waals surface area (Å²) in [5.74, 6) is -0.698. The van der Waals surface area contributed by atoms with Crippen LogP contribution in [0, 0.1) is 19.7 Å². The van der Waals surface area contributed by atoms with Crippen LogP contribution in [0.3, 0.4) is 0 Å². The zero-order valence-corrected chi connectivity index (χ0v) is 21.7. The number of hydrogen-bond donors (Lipinski definition) is 3. The van der Waals surface area contributed by atoms with E-state index >= 15 is 0 Å². The van der Waals surface area contributed by atoms with E-state index in [1.165, 1.54) is 30.5 Å². The monoisotopic (exact) mass is 529 g/mol. The first-order chi connectivity index (χ1) is 18.2. The Kier molecular flexibility index (Phi) is 6.73. The van der Waals surface area contributed by atoms with Crippen LogP contribution in [-0.4, -0.2) is 21.6 Å². The number of anilines is 3. The summed E-state index contributed by atoms with van der Waals surface area (Å²) in [4.78, 5) is 26.9. The molecule has 2 heterocycles. The first-order valence-corrected chi connectivity index (χ1v) is 12.4. The van der Waals surface area contributed by atoms with E-state index in [1.807, 2.05) is 38.1 Å². The van der Waals surface area contributed by atoms with Crippen LogP contribution in [0.15, 0.2) is 84.2 Å². The highest BCUT2D eigenvalue weighted by molar-refractivity contribution is 6.30. The maximum absolute atomic E-state index is 13.7.